The number of nitrogens with zero attached hydrogens (tertiary/aromatic N) is 2. The lowest BCUT2D eigenvalue weighted by Gasteiger charge is -2.17. The van der Waals surface area contributed by atoms with Gasteiger partial charge in [-0.3, -0.25) is 20.3 Å². The average molecular weight is 496 g/mol. The molecule has 2 atom stereocenters. The van der Waals surface area contributed by atoms with E-state index in [2.05, 4.69) is 15.8 Å². The fourth-order valence-electron chi connectivity index (χ4n) is 2.70. The van der Waals surface area contributed by atoms with Crippen molar-refractivity contribution in [1.82, 2.24) is 15.8 Å². The van der Waals surface area contributed by atoms with Gasteiger partial charge >= 0.3 is 11.8 Å². The summed E-state index contributed by atoms with van der Waals surface area (Å²) in [6, 6.07) is 9.27. The number of carbonyl (C=O) groups is 2. The minimum Gasteiger partial charge on any atom is -0.508 e. The van der Waals surface area contributed by atoms with Gasteiger partial charge in [-0.15, -0.1) is 0 Å². The van der Waals surface area contributed by atoms with Crippen molar-refractivity contribution < 1.29 is 24.4 Å². The second-order valence-electron chi connectivity index (χ2n) is 7.01. The summed E-state index contributed by atoms with van der Waals surface area (Å²) < 4.78 is 4.96. The third-order valence-corrected chi connectivity index (χ3v) is 6.56. The minimum absolute atomic E-state index is 0.0348. The summed E-state index contributed by atoms with van der Waals surface area (Å²) in [5.41, 5.74) is 11.4. The fraction of sp³-hybridized carbons (Fsp3) is 0.350. The highest BCUT2D eigenvalue weighted by molar-refractivity contribution is 8.76. The number of hydrazine groups is 1. The van der Waals surface area contributed by atoms with Crippen LogP contribution in [0.5, 0.6) is 5.75 Å². The third-order valence-electron chi connectivity index (χ3n) is 4.31. The van der Waals surface area contributed by atoms with Gasteiger partial charge in [-0.2, -0.15) is 0 Å². The molecule has 1 aromatic carbocycles. The Kier molecular flexibility index (Phi) is 10.7. The zero-order valence-corrected chi connectivity index (χ0v) is 19.4. The lowest BCUT2D eigenvalue weighted by molar-refractivity contribution is -0.388. The number of benzene rings is 1. The fourth-order valence-corrected chi connectivity index (χ4v) is 4.55. The molecule has 1 aromatic heterocycles. The highest BCUT2D eigenvalue weighted by Crippen LogP contribution is 2.35. The van der Waals surface area contributed by atoms with Crippen LogP contribution in [0.15, 0.2) is 47.6 Å². The molecule has 1 heterocycles. The van der Waals surface area contributed by atoms with Crippen molar-refractivity contribution in [2.75, 3.05) is 12.4 Å². The topological polar surface area (TPSA) is 170 Å². The number of phenolic OH excluding ortho intramolecular Hbond substituents is 1. The van der Waals surface area contributed by atoms with Gasteiger partial charge in [-0.05, 0) is 47.4 Å². The third kappa shape index (κ3) is 9.55. The number of aromatic nitrogens is 1. The summed E-state index contributed by atoms with van der Waals surface area (Å²) in [7, 11) is 2.36. The summed E-state index contributed by atoms with van der Waals surface area (Å²) >= 11 is 0. The summed E-state index contributed by atoms with van der Waals surface area (Å²) in [5.74, 6) is -0.311. The maximum absolute atomic E-state index is 12.2. The van der Waals surface area contributed by atoms with E-state index in [9.17, 15) is 24.8 Å². The Bertz CT molecular complexity index is 947. The van der Waals surface area contributed by atoms with Crippen LogP contribution in [-0.4, -0.2) is 45.4 Å². The van der Waals surface area contributed by atoms with Crippen LogP contribution in [-0.2, 0) is 16.0 Å². The smallest absolute Gasteiger partial charge is 0.426 e. The zero-order chi connectivity index (χ0) is 24.2. The molecule has 5 N–H and O–H groups in total. The second-order valence-corrected chi connectivity index (χ2v) is 9.41. The molecule has 13 heteroatoms. The van der Waals surface area contributed by atoms with E-state index in [1.54, 1.807) is 31.2 Å². The minimum atomic E-state index is -0.821. The van der Waals surface area contributed by atoms with Crippen LogP contribution >= 0.6 is 21.6 Å². The lowest BCUT2D eigenvalue weighted by Crippen LogP contribution is -2.45. The van der Waals surface area contributed by atoms with Gasteiger partial charge in [-0.25, -0.2) is 15.2 Å². The standard InChI is InChI=1S/C20H25N5O6S2/c1-13(11-15(21)12-14-4-6-16(26)7-5-14)18(27)23-24-20(28)31-9-10-32-33-19-17(25(29)30)3-2-8-22-19/h2-8,13,15,26H,9-12,21H2,1H3,(H,23,27)(H,24,28)/t13-,15+/m0/s1. The molecular formula is C20H25N5O6S2. The van der Waals surface area contributed by atoms with Gasteiger partial charge in [0.25, 0.3) is 0 Å². The van der Waals surface area contributed by atoms with E-state index < -0.39 is 22.8 Å². The van der Waals surface area contributed by atoms with E-state index in [4.69, 9.17) is 10.5 Å². The van der Waals surface area contributed by atoms with Gasteiger partial charge in [0.1, 0.15) is 12.4 Å². The molecule has 0 aliphatic heterocycles. The SMILES string of the molecule is C[C@@H](C[C@@H](N)Cc1ccc(O)cc1)C(=O)NNC(=O)OCCSSc1ncccc1[N+](=O)[O-]. The van der Waals surface area contributed by atoms with Crippen LogP contribution in [0.1, 0.15) is 18.9 Å². The van der Waals surface area contributed by atoms with Crippen LogP contribution in [0.25, 0.3) is 0 Å². The molecule has 0 aliphatic rings. The first-order valence-electron chi connectivity index (χ1n) is 9.91. The number of carbonyl (C=O) groups excluding carboxylic acids is 2. The summed E-state index contributed by atoms with van der Waals surface area (Å²) in [5, 5.41) is 20.5. The first-order valence-corrected chi connectivity index (χ1v) is 12.2. The van der Waals surface area contributed by atoms with E-state index in [1.807, 2.05) is 0 Å². The molecule has 33 heavy (non-hydrogen) atoms. The van der Waals surface area contributed by atoms with E-state index >= 15 is 0 Å². The van der Waals surface area contributed by atoms with E-state index in [0.29, 0.717) is 18.6 Å². The number of hydrogen-bond acceptors (Lipinski definition) is 10. The quantitative estimate of drug-likeness (QED) is 0.157. The zero-order valence-electron chi connectivity index (χ0n) is 17.8. The maximum Gasteiger partial charge on any atom is 0.426 e. The Morgan fingerprint density at radius 1 is 1.27 bits per heavy atom. The Morgan fingerprint density at radius 2 is 2.00 bits per heavy atom. The van der Waals surface area contributed by atoms with Gasteiger partial charge in [-0.1, -0.05) is 29.9 Å². The summed E-state index contributed by atoms with van der Waals surface area (Å²) in [6.45, 7) is 1.73. The largest absolute Gasteiger partial charge is 0.508 e. The predicted molar refractivity (Wildman–Crippen MR) is 125 cm³/mol. The van der Waals surface area contributed by atoms with Crippen LogP contribution in [0.2, 0.25) is 0 Å². The van der Waals surface area contributed by atoms with Gasteiger partial charge in [0.15, 0.2) is 5.03 Å². The number of nitrogens with one attached hydrogen (secondary N) is 2. The molecule has 2 amide bonds. The molecular weight excluding hydrogens is 470 g/mol. The number of nitro groups is 1. The molecule has 0 aliphatic carbocycles. The van der Waals surface area contributed by atoms with Gasteiger partial charge in [0, 0.05) is 30.0 Å². The van der Waals surface area contributed by atoms with Gasteiger partial charge < -0.3 is 15.6 Å². The molecule has 0 saturated heterocycles. The number of hydrogen-bond donors (Lipinski definition) is 4. The highest BCUT2D eigenvalue weighted by atomic mass is 33.1. The van der Waals surface area contributed by atoms with Crippen molar-refractivity contribution >= 4 is 39.3 Å². The molecule has 0 unspecified atom stereocenters. The molecule has 0 saturated carbocycles. The molecule has 2 rings (SSSR count). The van der Waals surface area contributed by atoms with E-state index in [-0.39, 0.29) is 29.1 Å². The number of amides is 2. The van der Waals surface area contributed by atoms with Crippen molar-refractivity contribution in [3.8, 4) is 5.75 Å². The molecule has 2 aromatic rings. The van der Waals surface area contributed by atoms with E-state index in [1.165, 1.54) is 29.1 Å². The molecule has 0 bridgehead atoms. The van der Waals surface area contributed by atoms with Gasteiger partial charge in [0.05, 0.1) is 4.92 Å². The summed E-state index contributed by atoms with van der Waals surface area (Å²) in [4.78, 5) is 38.3. The number of nitrogens with two attached hydrogens (primary N) is 1. The number of aromatic hydroxyl groups is 1. The van der Waals surface area contributed by atoms with Gasteiger partial charge in [0.2, 0.25) is 5.91 Å². The van der Waals surface area contributed by atoms with Crippen molar-refractivity contribution in [3.63, 3.8) is 0 Å². The van der Waals surface area contributed by atoms with Crippen molar-refractivity contribution in [3.05, 3.63) is 58.3 Å². The highest BCUT2D eigenvalue weighted by Gasteiger charge is 2.18. The number of rotatable bonds is 11. The molecule has 0 fully saturated rings. The Hall–Kier alpha value is -3.03. The maximum atomic E-state index is 12.2. The van der Waals surface area contributed by atoms with Crippen LogP contribution in [0.3, 0.4) is 0 Å². The van der Waals surface area contributed by atoms with E-state index in [0.717, 1.165) is 16.4 Å². The molecule has 0 radical (unpaired) electrons. The lowest BCUT2D eigenvalue weighted by atomic mass is 9.96. The first-order chi connectivity index (χ1) is 15.8. The second kappa shape index (κ2) is 13.5. The molecule has 0 spiro atoms. The average Bonchev–Trinajstić information content (AvgIpc) is 2.78. The Labute approximate surface area is 198 Å². The van der Waals surface area contributed by atoms with Crippen LogP contribution in [0.4, 0.5) is 10.5 Å². The molecule has 178 valence electrons. The molecule has 11 nitrogen and oxygen atoms in total. The van der Waals surface area contributed by atoms with Crippen molar-refractivity contribution in [1.29, 1.82) is 0 Å². The normalized spacial score (nSPS) is 12.4. The number of phenols is 1. The predicted octanol–water partition coefficient (Wildman–Crippen LogP) is 2.79. The summed E-state index contributed by atoms with van der Waals surface area (Å²) in [6.07, 6.45) is 1.59. The first kappa shape index (κ1) is 26.2. The van der Waals surface area contributed by atoms with Crippen LogP contribution in [0, 0.1) is 16.0 Å². The monoisotopic (exact) mass is 495 g/mol. The number of pyridine rings is 1. The Balaban J connectivity index is 1.61. The van der Waals surface area contributed by atoms with Crippen LogP contribution < -0.4 is 16.6 Å². The van der Waals surface area contributed by atoms with Crippen molar-refractivity contribution in [2.24, 2.45) is 11.7 Å². The van der Waals surface area contributed by atoms with Crippen molar-refractivity contribution in [2.45, 2.75) is 30.8 Å². The number of ether oxygens (including phenoxy) is 1. The Morgan fingerprint density at radius 3 is 2.70 bits per heavy atom.